The maximum Gasteiger partial charge on any atom is 0.0369 e. The molecule has 88 valence electrons. The summed E-state index contributed by atoms with van der Waals surface area (Å²) in [6.45, 7) is 11.6. The van der Waals surface area contributed by atoms with Crippen LogP contribution in [0.2, 0.25) is 0 Å². The Hall–Kier alpha value is -0.500. The Morgan fingerprint density at radius 2 is 1.88 bits per heavy atom. The van der Waals surface area contributed by atoms with Crippen LogP contribution >= 0.6 is 15.9 Å². The second-order valence-electron chi connectivity index (χ2n) is 5.90. The maximum absolute atomic E-state index is 3.54. The van der Waals surface area contributed by atoms with Gasteiger partial charge in [-0.3, -0.25) is 0 Å². The number of halogens is 1. The lowest BCUT2D eigenvalue weighted by molar-refractivity contribution is 0.195. The fourth-order valence-electron chi connectivity index (χ4n) is 2.06. The lowest BCUT2D eigenvalue weighted by Crippen LogP contribution is -2.52. The molecule has 1 nitrogen and oxygen atoms in total. The quantitative estimate of drug-likeness (QED) is 0.744. The van der Waals surface area contributed by atoms with Crippen molar-refractivity contribution in [3.05, 3.63) is 28.2 Å². The summed E-state index contributed by atoms with van der Waals surface area (Å²) < 4.78 is 1.20. The van der Waals surface area contributed by atoms with E-state index in [1.807, 2.05) is 0 Å². The Labute approximate surface area is 107 Å². The Kier molecular flexibility index (Phi) is 3.04. The van der Waals surface area contributed by atoms with E-state index in [-0.39, 0.29) is 0 Å². The molecular weight excluding hydrogens is 262 g/mol. The van der Waals surface area contributed by atoms with Crippen molar-refractivity contribution in [1.29, 1.82) is 0 Å². The zero-order valence-electron chi connectivity index (χ0n) is 10.5. The second-order valence-corrected chi connectivity index (χ2v) is 6.76. The summed E-state index contributed by atoms with van der Waals surface area (Å²) in [5.74, 6) is 0.830. The number of rotatable bonds is 1. The summed E-state index contributed by atoms with van der Waals surface area (Å²) in [5, 5.41) is 0. The minimum atomic E-state index is 0.445. The van der Waals surface area contributed by atoms with E-state index in [0.29, 0.717) is 5.41 Å². The first-order valence-corrected chi connectivity index (χ1v) is 6.68. The highest BCUT2D eigenvalue weighted by Crippen LogP contribution is 2.37. The van der Waals surface area contributed by atoms with Gasteiger partial charge in [0.05, 0.1) is 0 Å². The average molecular weight is 282 g/mol. The molecule has 0 N–H and O–H groups in total. The van der Waals surface area contributed by atoms with E-state index >= 15 is 0 Å². The van der Waals surface area contributed by atoms with E-state index in [1.165, 1.54) is 28.8 Å². The van der Waals surface area contributed by atoms with Crippen LogP contribution in [-0.4, -0.2) is 13.1 Å². The number of anilines is 1. The van der Waals surface area contributed by atoms with Crippen molar-refractivity contribution in [1.82, 2.24) is 0 Å². The summed E-state index contributed by atoms with van der Waals surface area (Å²) in [5.41, 5.74) is 3.12. The first-order chi connectivity index (χ1) is 7.38. The van der Waals surface area contributed by atoms with Crippen LogP contribution in [0.25, 0.3) is 0 Å². The van der Waals surface area contributed by atoms with E-state index in [1.54, 1.807) is 0 Å². The molecule has 0 atom stereocenters. The second kappa shape index (κ2) is 4.06. The lowest BCUT2D eigenvalue weighted by atomic mass is 9.76. The number of aryl methyl sites for hydroxylation is 1. The number of nitrogens with zero attached hydrogens (tertiary/aromatic N) is 1. The topological polar surface area (TPSA) is 3.24 Å². The van der Waals surface area contributed by atoms with Gasteiger partial charge in [0.15, 0.2) is 0 Å². The molecule has 0 aliphatic carbocycles. The molecule has 1 aromatic rings. The van der Waals surface area contributed by atoms with Gasteiger partial charge in [-0.15, -0.1) is 0 Å². The van der Waals surface area contributed by atoms with E-state index < -0.39 is 0 Å². The smallest absolute Gasteiger partial charge is 0.0369 e. The molecule has 0 bridgehead atoms. The van der Waals surface area contributed by atoms with Crippen LogP contribution in [0.4, 0.5) is 5.69 Å². The molecule has 0 aromatic heterocycles. The van der Waals surface area contributed by atoms with E-state index in [0.717, 1.165) is 5.92 Å². The van der Waals surface area contributed by atoms with E-state index in [9.17, 15) is 0 Å². The molecule has 1 aliphatic heterocycles. The molecule has 2 heteroatoms. The third-order valence-electron chi connectivity index (χ3n) is 3.61. The van der Waals surface area contributed by atoms with Gasteiger partial charge < -0.3 is 4.90 Å². The zero-order chi connectivity index (χ0) is 11.9. The Bertz CT molecular complexity index is 386. The van der Waals surface area contributed by atoms with Gasteiger partial charge in [0.25, 0.3) is 0 Å². The van der Waals surface area contributed by atoms with Gasteiger partial charge >= 0.3 is 0 Å². The predicted molar refractivity (Wildman–Crippen MR) is 74.0 cm³/mol. The fourth-order valence-corrected chi connectivity index (χ4v) is 2.31. The molecule has 16 heavy (non-hydrogen) atoms. The zero-order valence-corrected chi connectivity index (χ0v) is 12.1. The summed E-state index contributed by atoms with van der Waals surface area (Å²) in [6.07, 6.45) is 0. The summed E-state index contributed by atoms with van der Waals surface area (Å²) in [6, 6.07) is 6.62. The van der Waals surface area contributed by atoms with Gasteiger partial charge in [-0.1, -0.05) is 36.7 Å². The molecule has 2 rings (SSSR count). The minimum Gasteiger partial charge on any atom is -0.371 e. The Morgan fingerprint density at radius 3 is 2.38 bits per heavy atom. The molecule has 1 fully saturated rings. The van der Waals surface area contributed by atoms with Gasteiger partial charge in [0, 0.05) is 23.2 Å². The molecule has 1 saturated heterocycles. The van der Waals surface area contributed by atoms with E-state index in [4.69, 9.17) is 0 Å². The maximum atomic E-state index is 3.54. The highest BCUT2D eigenvalue weighted by molar-refractivity contribution is 9.10. The van der Waals surface area contributed by atoms with Crippen LogP contribution in [0.3, 0.4) is 0 Å². The van der Waals surface area contributed by atoms with Crippen molar-refractivity contribution in [2.45, 2.75) is 27.7 Å². The SMILES string of the molecule is Cc1cc(N2CC(C(C)(C)C)C2)ccc1Br. The van der Waals surface area contributed by atoms with Gasteiger partial charge in [-0.05, 0) is 42.0 Å². The lowest BCUT2D eigenvalue weighted by Gasteiger charge is -2.47. The van der Waals surface area contributed by atoms with Gasteiger partial charge in [-0.25, -0.2) is 0 Å². The number of hydrogen-bond donors (Lipinski definition) is 0. The number of hydrogen-bond acceptors (Lipinski definition) is 1. The van der Waals surface area contributed by atoms with Gasteiger partial charge in [-0.2, -0.15) is 0 Å². The summed E-state index contributed by atoms with van der Waals surface area (Å²) in [4.78, 5) is 2.47. The van der Waals surface area contributed by atoms with Crippen LogP contribution < -0.4 is 4.90 Å². The van der Waals surface area contributed by atoms with Gasteiger partial charge in [0.2, 0.25) is 0 Å². The van der Waals surface area contributed by atoms with Crippen LogP contribution in [0.5, 0.6) is 0 Å². The van der Waals surface area contributed by atoms with Crippen molar-refractivity contribution in [3.8, 4) is 0 Å². The van der Waals surface area contributed by atoms with Crippen LogP contribution in [-0.2, 0) is 0 Å². The molecule has 0 amide bonds. The highest BCUT2D eigenvalue weighted by atomic mass is 79.9. The van der Waals surface area contributed by atoms with Crippen molar-refractivity contribution in [2.24, 2.45) is 11.3 Å². The summed E-state index contributed by atoms with van der Waals surface area (Å²) >= 11 is 3.54. The molecule has 1 heterocycles. The molecule has 0 spiro atoms. The highest BCUT2D eigenvalue weighted by Gasteiger charge is 2.35. The average Bonchev–Trinajstić information content (AvgIpc) is 2.06. The predicted octanol–water partition coefficient (Wildman–Crippen LogP) is 4.24. The molecule has 1 aromatic carbocycles. The molecule has 0 radical (unpaired) electrons. The van der Waals surface area contributed by atoms with Crippen molar-refractivity contribution >= 4 is 21.6 Å². The third-order valence-corrected chi connectivity index (χ3v) is 4.50. The largest absolute Gasteiger partial charge is 0.371 e. The normalized spacial score (nSPS) is 17.4. The fraction of sp³-hybridized carbons (Fsp3) is 0.571. The third kappa shape index (κ3) is 2.27. The Morgan fingerprint density at radius 1 is 1.25 bits per heavy atom. The van der Waals surface area contributed by atoms with Gasteiger partial charge in [0.1, 0.15) is 0 Å². The molecule has 0 saturated carbocycles. The molecule has 1 aliphatic rings. The first kappa shape index (κ1) is 12.0. The van der Waals surface area contributed by atoms with Crippen LogP contribution in [0.1, 0.15) is 26.3 Å². The standard InChI is InChI=1S/C14H20BrN/c1-10-7-12(5-6-13(10)15)16-8-11(9-16)14(2,3)4/h5-7,11H,8-9H2,1-4H3. The van der Waals surface area contributed by atoms with Crippen molar-refractivity contribution in [3.63, 3.8) is 0 Å². The van der Waals surface area contributed by atoms with Crippen LogP contribution in [0.15, 0.2) is 22.7 Å². The molecular formula is C14H20BrN. The minimum absolute atomic E-state index is 0.445. The number of benzene rings is 1. The van der Waals surface area contributed by atoms with Crippen molar-refractivity contribution in [2.75, 3.05) is 18.0 Å². The molecule has 0 unspecified atom stereocenters. The van der Waals surface area contributed by atoms with Crippen molar-refractivity contribution < 1.29 is 0 Å². The first-order valence-electron chi connectivity index (χ1n) is 5.89. The van der Waals surface area contributed by atoms with Crippen LogP contribution in [0, 0.1) is 18.3 Å². The van der Waals surface area contributed by atoms with E-state index in [2.05, 4.69) is 66.7 Å². The monoisotopic (exact) mass is 281 g/mol. The Balaban J connectivity index is 2.04. The summed E-state index contributed by atoms with van der Waals surface area (Å²) in [7, 11) is 0.